The molecule has 4 aromatic rings. The van der Waals surface area contributed by atoms with Gasteiger partial charge in [0.15, 0.2) is 0 Å². The van der Waals surface area contributed by atoms with Crippen LogP contribution in [0.5, 0.6) is 5.88 Å². The van der Waals surface area contributed by atoms with Crippen molar-refractivity contribution in [3.05, 3.63) is 83.3 Å². The summed E-state index contributed by atoms with van der Waals surface area (Å²) in [6.07, 6.45) is 5.11. The minimum absolute atomic E-state index is 0.0119. The molecule has 2 atom stereocenters. The molecule has 7 rings (SSSR count). The summed E-state index contributed by atoms with van der Waals surface area (Å²) in [6.45, 7) is 2.40. The van der Waals surface area contributed by atoms with Crippen LogP contribution in [0.3, 0.4) is 0 Å². The van der Waals surface area contributed by atoms with Crippen molar-refractivity contribution in [2.45, 2.75) is 37.9 Å². The number of aromatic nitrogens is 3. The second-order valence-corrected chi connectivity index (χ2v) is 9.95. The van der Waals surface area contributed by atoms with Gasteiger partial charge in [-0.1, -0.05) is 35.9 Å². The molecule has 0 saturated carbocycles. The van der Waals surface area contributed by atoms with Crippen LogP contribution in [-0.4, -0.2) is 62.4 Å². The molecule has 3 fully saturated rings. The highest BCUT2D eigenvalue weighted by Gasteiger charge is 2.39. The lowest BCUT2D eigenvalue weighted by Gasteiger charge is -2.38. The zero-order chi connectivity index (χ0) is 24.6. The monoisotopic (exact) mass is 501 g/mol. The zero-order valence-electron chi connectivity index (χ0n) is 20.2. The number of carbonyl (C=O) groups excluding carboxylic acids is 1. The number of hydrogen-bond donors (Lipinski definition) is 0. The largest absolute Gasteiger partial charge is 0.481 e. The first-order chi connectivity index (χ1) is 17.6. The Labute approximate surface area is 215 Å². The van der Waals surface area contributed by atoms with Crippen LogP contribution in [0.25, 0.3) is 16.9 Å². The highest BCUT2D eigenvalue weighted by atomic mass is 35.5. The van der Waals surface area contributed by atoms with Crippen LogP contribution >= 0.6 is 11.6 Å². The van der Waals surface area contributed by atoms with Gasteiger partial charge >= 0.3 is 0 Å². The fourth-order valence-electron chi connectivity index (χ4n) is 5.58. The number of ether oxygens (including phenoxy) is 1. The highest BCUT2D eigenvalue weighted by Crippen LogP contribution is 2.33. The molecule has 8 heteroatoms. The van der Waals surface area contributed by atoms with Crippen LogP contribution in [0.4, 0.5) is 0 Å². The van der Waals surface area contributed by atoms with Gasteiger partial charge in [-0.05, 0) is 49.6 Å². The first-order valence-electron chi connectivity index (χ1n) is 12.4. The number of hydrogen-bond acceptors (Lipinski definition) is 5. The van der Waals surface area contributed by atoms with Gasteiger partial charge in [0.2, 0.25) is 5.88 Å². The number of nitrogens with zero attached hydrogens (tertiary/aromatic N) is 5. The number of piperidine rings is 1. The number of carbonyl (C=O) groups is 1. The maximum atomic E-state index is 13.4. The van der Waals surface area contributed by atoms with E-state index in [-0.39, 0.29) is 18.0 Å². The number of fused-ring (bicyclic) bond motifs is 5. The second kappa shape index (κ2) is 9.56. The van der Waals surface area contributed by atoms with E-state index in [0.29, 0.717) is 23.1 Å². The Morgan fingerprint density at radius 2 is 1.83 bits per heavy atom. The molecule has 0 aliphatic carbocycles. The Balaban J connectivity index is 1.29. The molecule has 1 amide bonds. The lowest BCUT2D eigenvalue weighted by atomic mass is 9.98. The number of methoxy groups -OCH3 is 1. The molecule has 184 valence electrons. The number of imidazole rings is 1. The summed E-state index contributed by atoms with van der Waals surface area (Å²) in [5, 5.41) is 0.712. The highest BCUT2D eigenvalue weighted by molar-refractivity contribution is 6.30. The fourth-order valence-corrected chi connectivity index (χ4v) is 5.71. The minimum Gasteiger partial charge on any atom is -0.481 e. The summed E-state index contributed by atoms with van der Waals surface area (Å²) in [5.41, 5.74) is 4.56. The fraction of sp³-hybridized carbons (Fsp3) is 0.321. The third-order valence-corrected chi connectivity index (χ3v) is 7.71. The smallest absolute Gasteiger partial charge is 0.272 e. The van der Waals surface area contributed by atoms with Gasteiger partial charge in [-0.15, -0.1) is 0 Å². The van der Waals surface area contributed by atoms with E-state index in [1.54, 1.807) is 19.2 Å². The summed E-state index contributed by atoms with van der Waals surface area (Å²) in [5.74, 6) is 0.451. The summed E-state index contributed by atoms with van der Waals surface area (Å²) < 4.78 is 7.42. The van der Waals surface area contributed by atoms with Crippen molar-refractivity contribution in [2.24, 2.45) is 0 Å². The molecule has 36 heavy (non-hydrogen) atoms. The van der Waals surface area contributed by atoms with Gasteiger partial charge in [0.25, 0.3) is 5.91 Å². The SMILES string of the molecule is COc1cccc(C(=O)N2C[C@@H]3CC[C@H]2CCN3Cc2c(-c3ccc(Cl)cc3)nc3ccccn23)n1. The number of rotatable bonds is 5. The van der Waals surface area contributed by atoms with Gasteiger partial charge in [0.05, 0.1) is 18.5 Å². The first kappa shape index (κ1) is 23.0. The maximum Gasteiger partial charge on any atom is 0.272 e. The van der Waals surface area contributed by atoms with Crippen molar-refractivity contribution >= 4 is 23.2 Å². The molecule has 0 unspecified atom stereocenters. The zero-order valence-corrected chi connectivity index (χ0v) is 20.9. The van der Waals surface area contributed by atoms with E-state index < -0.39 is 0 Å². The predicted octanol–water partition coefficient (Wildman–Crippen LogP) is 4.94. The van der Waals surface area contributed by atoms with E-state index in [1.165, 1.54) is 0 Å². The van der Waals surface area contributed by atoms with Crippen molar-refractivity contribution in [3.63, 3.8) is 0 Å². The van der Waals surface area contributed by atoms with E-state index in [9.17, 15) is 4.79 Å². The summed E-state index contributed by atoms with van der Waals surface area (Å²) >= 11 is 6.16. The van der Waals surface area contributed by atoms with Gasteiger partial charge in [-0.25, -0.2) is 9.97 Å². The molecule has 0 N–H and O–H groups in total. The molecule has 0 spiro atoms. The Morgan fingerprint density at radius 3 is 2.67 bits per heavy atom. The molecule has 7 nitrogen and oxygen atoms in total. The lowest BCUT2D eigenvalue weighted by molar-refractivity contribution is 0.0542. The lowest BCUT2D eigenvalue weighted by Crippen LogP contribution is -2.49. The van der Waals surface area contributed by atoms with Crippen molar-refractivity contribution in [3.8, 4) is 17.1 Å². The van der Waals surface area contributed by atoms with Crippen molar-refractivity contribution in [1.82, 2.24) is 24.2 Å². The maximum absolute atomic E-state index is 13.4. The Bertz CT molecular complexity index is 1400. The van der Waals surface area contributed by atoms with Gasteiger partial charge in [0.1, 0.15) is 11.3 Å². The summed E-state index contributed by atoms with van der Waals surface area (Å²) in [4.78, 5) is 27.4. The standard InChI is InChI=1S/C28H28ClN5O2/c1-36-26-7-4-5-23(30-26)28(35)34-17-22-13-12-21(34)14-16-32(22)18-24-27(19-8-10-20(29)11-9-19)31-25-6-2-3-15-33(24)25/h2-11,15,21-22H,12-14,16-18H2,1H3/t21-,22-/m0/s1. The van der Waals surface area contributed by atoms with Gasteiger partial charge in [-0.2, -0.15) is 0 Å². The van der Waals surface area contributed by atoms with E-state index in [2.05, 4.69) is 20.5 Å². The van der Waals surface area contributed by atoms with Gasteiger partial charge in [-0.3, -0.25) is 9.69 Å². The van der Waals surface area contributed by atoms with Crippen molar-refractivity contribution < 1.29 is 9.53 Å². The van der Waals surface area contributed by atoms with Crippen LogP contribution in [0, 0.1) is 0 Å². The quantitative estimate of drug-likeness (QED) is 0.387. The summed E-state index contributed by atoms with van der Waals surface area (Å²) in [7, 11) is 1.57. The molecular formula is C28H28ClN5O2. The molecule has 3 aliphatic heterocycles. The van der Waals surface area contributed by atoms with Crippen LogP contribution in [0.15, 0.2) is 66.9 Å². The van der Waals surface area contributed by atoms with Gasteiger partial charge < -0.3 is 14.0 Å². The molecular weight excluding hydrogens is 474 g/mol. The van der Waals surface area contributed by atoms with Crippen LogP contribution in [0.1, 0.15) is 35.4 Å². The molecule has 3 aliphatic rings. The predicted molar refractivity (Wildman–Crippen MR) is 139 cm³/mol. The number of pyridine rings is 2. The third kappa shape index (κ3) is 4.22. The molecule has 3 aromatic heterocycles. The Morgan fingerprint density at radius 1 is 1.00 bits per heavy atom. The molecule has 3 saturated heterocycles. The number of halogens is 1. The van der Waals surface area contributed by atoms with Crippen LogP contribution in [-0.2, 0) is 6.54 Å². The van der Waals surface area contributed by atoms with Crippen molar-refractivity contribution in [1.29, 1.82) is 0 Å². The summed E-state index contributed by atoms with van der Waals surface area (Å²) in [6, 6.07) is 19.9. The molecule has 6 heterocycles. The molecule has 2 bridgehead atoms. The normalized spacial score (nSPS) is 20.0. The van der Waals surface area contributed by atoms with Crippen molar-refractivity contribution in [2.75, 3.05) is 20.2 Å². The number of amides is 1. The van der Waals surface area contributed by atoms with E-state index in [1.807, 2.05) is 53.4 Å². The Hall–Kier alpha value is -3.42. The third-order valence-electron chi connectivity index (χ3n) is 7.46. The molecule has 0 radical (unpaired) electrons. The minimum atomic E-state index is -0.0119. The second-order valence-electron chi connectivity index (χ2n) is 9.51. The van der Waals surface area contributed by atoms with E-state index in [0.717, 1.165) is 55.0 Å². The van der Waals surface area contributed by atoms with Gasteiger partial charge in [0, 0.05) is 54.6 Å². The first-order valence-corrected chi connectivity index (χ1v) is 12.8. The average molecular weight is 502 g/mol. The average Bonchev–Trinajstić information content (AvgIpc) is 3.05. The molecule has 1 aromatic carbocycles. The van der Waals surface area contributed by atoms with Crippen LogP contribution in [0.2, 0.25) is 5.02 Å². The topological polar surface area (TPSA) is 63.0 Å². The van der Waals surface area contributed by atoms with E-state index >= 15 is 0 Å². The Kier molecular flexibility index (Phi) is 6.11. The van der Waals surface area contributed by atoms with Crippen LogP contribution < -0.4 is 4.74 Å². The number of benzene rings is 1. The van der Waals surface area contributed by atoms with E-state index in [4.69, 9.17) is 21.3 Å².